The number of halogens is 2. The Morgan fingerprint density at radius 1 is 1.22 bits per heavy atom. The maximum atomic E-state index is 13.8. The van der Waals surface area contributed by atoms with E-state index in [0.717, 1.165) is 25.9 Å². The third-order valence-electron chi connectivity index (χ3n) is 3.20. The van der Waals surface area contributed by atoms with E-state index in [1.54, 1.807) is 6.07 Å². The average molecular weight is 311 g/mol. The summed E-state index contributed by atoms with van der Waals surface area (Å²) in [6.45, 7) is 1.91. The van der Waals surface area contributed by atoms with Crippen molar-refractivity contribution in [1.82, 2.24) is 20.5 Å². The van der Waals surface area contributed by atoms with Gasteiger partial charge in [0.25, 0.3) is 0 Å². The van der Waals surface area contributed by atoms with Gasteiger partial charge in [-0.1, -0.05) is 15.9 Å². The summed E-state index contributed by atoms with van der Waals surface area (Å²) in [4.78, 5) is 4.34. The Balaban J connectivity index is 2.04. The van der Waals surface area contributed by atoms with E-state index >= 15 is 0 Å². The molecule has 0 radical (unpaired) electrons. The molecule has 2 heterocycles. The second kappa shape index (κ2) is 4.85. The van der Waals surface area contributed by atoms with Crippen molar-refractivity contribution in [2.45, 2.75) is 18.8 Å². The molecule has 0 spiro atoms. The van der Waals surface area contributed by atoms with Gasteiger partial charge in [0.05, 0.1) is 0 Å². The quantitative estimate of drug-likeness (QED) is 0.878. The summed E-state index contributed by atoms with van der Waals surface area (Å²) in [5.41, 5.74) is 0.793. The van der Waals surface area contributed by atoms with Gasteiger partial charge in [0.2, 0.25) is 0 Å². The molecule has 1 aliphatic heterocycles. The Kier molecular flexibility index (Phi) is 3.22. The Morgan fingerprint density at radius 3 is 2.78 bits per heavy atom. The zero-order chi connectivity index (χ0) is 12.5. The monoisotopic (exact) mass is 310 g/mol. The SMILES string of the molecule is Fc1cc(Br)cc2nnc(C3CCNCC3)nc12. The molecule has 1 N–H and O–H groups in total. The number of nitrogens with one attached hydrogen (secondary N) is 1. The van der Waals surface area contributed by atoms with Crippen LogP contribution >= 0.6 is 15.9 Å². The van der Waals surface area contributed by atoms with Crippen LogP contribution in [0, 0.1) is 5.82 Å². The van der Waals surface area contributed by atoms with Crippen LogP contribution in [0.5, 0.6) is 0 Å². The minimum atomic E-state index is -0.357. The summed E-state index contributed by atoms with van der Waals surface area (Å²) in [6.07, 6.45) is 1.96. The predicted molar refractivity (Wildman–Crippen MR) is 69.8 cm³/mol. The van der Waals surface area contributed by atoms with E-state index in [1.807, 2.05) is 0 Å². The van der Waals surface area contributed by atoms with Crippen LogP contribution in [0.2, 0.25) is 0 Å². The molecule has 0 saturated carbocycles. The third-order valence-corrected chi connectivity index (χ3v) is 3.66. The number of rotatable bonds is 1. The molecule has 1 fully saturated rings. The van der Waals surface area contributed by atoms with Crippen molar-refractivity contribution in [3.05, 3.63) is 28.2 Å². The number of hydrogen-bond acceptors (Lipinski definition) is 4. The molecule has 2 aromatic rings. The molecule has 1 aromatic carbocycles. The van der Waals surface area contributed by atoms with Crippen LogP contribution in [0.3, 0.4) is 0 Å². The van der Waals surface area contributed by atoms with Crippen molar-refractivity contribution in [1.29, 1.82) is 0 Å². The summed E-state index contributed by atoms with van der Waals surface area (Å²) in [5, 5.41) is 11.5. The molecule has 0 unspecified atom stereocenters. The highest BCUT2D eigenvalue weighted by Gasteiger charge is 2.19. The Bertz CT molecular complexity index is 584. The lowest BCUT2D eigenvalue weighted by molar-refractivity contribution is 0.442. The van der Waals surface area contributed by atoms with E-state index in [2.05, 4.69) is 36.4 Å². The summed E-state index contributed by atoms with van der Waals surface area (Å²) in [6, 6.07) is 3.13. The molecule has 94 valence electrons. The standard InChI is InChI=1S/C12H12BrFN4/c13-8-5-9(14)11-10(6-8)17-18-12(16-11)7-1-3-15-4-2-7/h5-7,15H,1-4H2. The van der Waals surface area contributed by atoms with Crippen molar-refractivity contribution in [2.75, 3.05) is 13.1 Å². The van der Waals surface area contributed by atoms with Gasteiger partial charge in [0.15, 0.2) is 11.6 Å². The molecule has 0 amide bonds. The first-order valence-corrected chi connectivity index (χ1v) is 6.73. The Morgan fingerprint density at radius 2 is 2.00 bits per heavy atom. The molecule has 3 rings (SSSR count). The average Bonchev–Trinajstić information content (AvgIpc) is 2.39. The molecule has 1 aromatic heterocycles. The van der Waals surface area contributed by atoms with Crippen LogP contribution in [-0.2, 0) is 0 Å². The molecular weight excluding hydrogens is 299 g/mol. The van der Waals surface area contributed by atoms with E-state index in [0.29, 0.717) is 21.3 Å². The third kappa shape index (κ3) is 2.22. The largest absolute Gasteiger partial charge is 0.317 e. The van der Waals surface area contributed by atoms with Gasteiger partial charge in [-0.3, -0.25) is 0 Å². The van der Waals surface area contributed by atoms with Crippen LogP contribution in [0.1, 0.15) is 24.6 Å². The van der Waals surface area contributed by atoms with Crippen molar-refractivity contribution in [3.8, 4) is 0 Å². The first-order valence-electron chi connectivity index (χ1n) is 5.94. The summed E-state index contributed by atoms with van der Waals surface area (Å²) >= 11 is 3.23. The van der Waals surface area contributed by atoms with Crippen LogP contribution in [0.4, 0.5) is 4.39 Å². The van der Waals surface area contributed by atoms with Crippen LogP contribution in [0.25, 0.3) is 11.0 Å². The van der Waals surface area contributed by atoms with Crippen molar-refractivity contribution >= 4 is 27.0 Å². The molecule has 6 heteroatoms. The number of benzene rings is 1. The van der Waals surface area contributed by atoms with Gasteiger partial charge in [-0.05, 0) is 38.1 Å². The van der Waals surface area contributed by atoms with Gasteiger partial charge in [-0.15, -0.1) is 10.2 Å². The fraction of sp³-hybridized carbons (Fsp3) is 0.417. The maximum Gasteiger partial charge on any atom is 0.154 e. The van der Waals surface area contributed by atoms with Gasteiger partial charge in [0.1, 0.15) is 11.0 Å². The number of piperidine rings is 1. The highest BCUT2D eigenvalue weighted by Crippen LogP contribution is 2.25. The summed E-state index contributed by atoms with van der Waals surface area (Å²) in [7, 11) is 0. The van der Waals surface area contributed by atoms with Crippen molar-refractivity contribution in [2.24, 2.45) is 0 Å². The number of aromatic nitrogens is 3. The zero-order valence-electron chi connectivity index (χ0n) is 9.66. The predicted octanol–water partition coefficient (Wildman–Crippen LogP) is 2.39. The lowest BCUT2D eigenvalue weighted by Crippen LogP contribution is -2.27. The second-order valence-electron chi connectivity index (χ2n) is 4.45. The van der Waals surface area contributed by atoms with Gasteiger partial charge in [0, 0.05) is 10.4 Å². The molecular formula is C12H12BrFN4. The first-order chi connectivity index (χ1) is 8.74. The van der Waals surface area contributed by atoms with Gasteiger partial charge < -0.3 is 5.32 Å². The Labute approximate surface area is 112 Å². The van der Waals surface area contributed by atoms with Gasteiger partial charge in [-0.2, -0.15) is 0 Å². The topological polar surface area (TPSA) is 50.7 Å². The lowest BCUT2D eigenvalue weighted by Gasteiger charge is -2.20. The molecule has 1 saturated heterocycles. The minimum absolute atomic E-state index is 0.284. The van der Waals surface area contributed by atoms with Crippen LogP contribution < -0.4 is 5.32 Å². The fourth-order valence-corrected chi connectivity index (χ4v) is 2.65. The normalized spacial score (nSPS) is 17.2. The van der Waals surface area contributed by atoms with E-state index in [1.165, 1.54) is 6.07 Å². The van der Waals surface area contributed by atoms with Crippen molar-refractivity contribution in [3.63, 3.8) is 0 Å². The molecule has 0 bridgehead atoms. The van der Waals surface area contributed by atoms with Crippen LogP contribution in [0.15, 0.2) is 16.6 Å². The van der Waals surface area contributed by atoms with Crippen LogP contribution in [-0.4, -0.2) is 28.3 Å². The Hall–Kier alpha value is -1.14. The summed E-state index contributed by atoms with van der Waals surface area (Å²) < 4.78 is 14.5. The van der Waals surface area contributed by atoms with E-state index < -0.39 is 0 Å². The molecule has 0 atom stereocenters. The highest BCUT2D eigenvalue weighted by atomic mass is 79.9. The van der Waals surface area contributed by atoms with Gasteiger partial charge in [-0.25, -0.2) is 9.37 Å². The number of nitrogens with zero attached hydrogens (tertiary/aromatic N) is 3. The maximum absolute atomic E-state index is 13.8. The molecule has 18 heavy (non-hydrogen) atoms. The first kappa shape index (κ1) is 11.9. The smallest absolute Gasteiger partial charge is 0.154 e. The second-order valence-corrected chi connectivity index (χ2v) is 5.37. The lowest BCUT2D eigenvalue weighted by atomic mass is 9.97. The number of fused-ring (bicyclic) bond motifs is 1. The molecule has 4 nitrogen and oxygen atoms in total. The minimum Gasteiger partial charge on any atom is -0.317 e. The van der Waals surface area contributed by atoms with E-state index in [4.69, 9.17) is 0 Å². The van der Waals surface area contributed by atoms with E-state index in [9.17, 15) is 4.39 Å². The zero-order valence-corrected chi connectivity index (χ0v) is 11.2. The molecule has 0 aliphatic carbocycles. The van der Waals surface area contributed by atoms with E-state index in [-0.39, 0.29) is 11.7 Å². The van der Waals surface area contributed by atoms with Crippen molar-refractivity contribution < 1.29 is 4.39 Å². The fourth-order valence-electron chi connectivity index (χ4n) is 2.23. The number of hydrogen-bond donors (Lipinski definition) is 1. The summed E-state index contributed by atoms with van der Waals surface area (Å²) in [5.74, 6) is 0.584. The van der Waals surface area contributed by atoms with Gasteiger partial charge >= 0.3 is 0 Å². The highest BCUT2D eigenvalue weighted by molar-refractivity contribution is 9.10. The molecule has 1 aliphatic rings.